The van der Waals surface area contributed by atoms with E-state index in [1.165, 1.54) is 16.8 Å². The van der Waals surface area contributed by atoms with Crippen molar-refractivity contribution in [2.75, 3.05) is 11.9 Å². The number of nitrogens with zero attached hydrogens (tertiary/aromatic N) is 3. The first kappa shape index (κ1) is 13.1. The van der Waals surface area contributed by atoms with Crippen LogP contribution in [0.3, 0.4) is 0 Å². The lowest BCUT2D eigenvalue weighted by Gasteiger charge is -2.20. The normalized spacial score (nSPS) is 10.7. The van der Waals surface area contributed by atoms with Crippen molar-refractivity contribution in [1.29, 1.82) is 0 Å². The van der Waals surface area contributed by atoms with Gasteiger partial charge in [0.25, 0.3) is 0 Å². The summed E-state index contributed by atoms with van der Waals surface area (Å²) in [4.78, 5) is 6.57. The van der Waals surface area contributed by atoms with Crippen LogP contribution in [0.1, 0.15) is 17.0 Å². The second-order valence-corrected chi connectivity index (χ2v) is 5.12. The zero-order valence-electron chi connectivity index (χ0n) is 11.0. The smallest absolute Gasteiger partial charge is 0.127 e. The molecule has 0 saturated heterocycles. The Balaban J connectivity index is 2.16. The molecule has 0 aliphatic rings. The lowest BCUT2D eigenvalue weighted by Crippen LogP contribution is -2.19. The van der Waals surface area contributed by atoms with Crippen molar-refractivity contribution in [3.63, 3.8) is 0 Å². The first-order valence-electron chi connectivity index (χ1n) is 5.94. The van der Waals surface area contributed by atoms with E-state index >= 15 is 0 Å². The fourth-order valence-electron chi connectivity index (χ4n) is 1.92. The molecule has 0 radical (unpaired) electrons. The molecule has 0 unspecified atom stereocenters. The topological polar surface area (TPSA) is 21.1 Å². The van der Waals surface area contributed by atoms with Crippen molar-refractivity contribution >= 4 is 21.6 Å². The highest BCUT2D eigenvalue weighted by atomic mass is 79.9. The predicted molar refractivity (Wildman–Crippen MR) is 79.1 cm³/mol. The van der Waals surface area contributed by atoms with Gasteiger partial charge in [-0.2, -0.15) is 0 Å². The molecule has 1 heterocycles. The van der Waals surface area contributed by atoms with Crippen molar-refractivity contribution < 1.29 is 0 Å². The van der Waals surface area contributed by atoms with Crippen LogP contribution in [0.2, 0.25) is 0 Å². The first-order chi connectivity index (χ1) is 8.61. The second kappa shape index (κ2) is 5.57. The van der Waals surface area contributed by atoms with Crippen LogP contribution >= 0.6 is 15.9 Å². The standard InChI is InChI=1S/C14H18BrN3/c1-11-8-13(5-4-12(11)9-15)18(3)10-14-16-6-7-17(14)2/h4-8H,9-10H2,1-3H3. The number of rotatable bonds is 4. The van der Waals surface area contributed by atoms with Crippen LogP contribution in [-0.2, 0) is 18.9 Å². The summed E-state index contributed by atoms with van der Waals surface area (Å²) >= 11 is 3.50. The highest BCUT2D eigenvalue weighted by Gasteiger charge is 2.07. The molecule has 96 valence electrons. The van der Waals surface area contributed by atoms with Crippen LogP contribution in [0.4, 0.5) is 5.69 Å². The highest BCUT2D eigenvalue weighted by molar-refractivity contribution is 9.08. The minimum atomic E-state index is 0.816. The molecule has 2 aromatic rings. The maximum Gasteiger partial charge on any atom is 0.127 e. The molecule has 0 bridgehead atoms. The molecule has 0 atom stereocenters. The van der Waals surface area contributed by atoms with Crippen LogP contribution in [0.15, 0.2) is 30.6 Å². The molecule has 0 spiro atoms. The summed E-state index contributed by atoms with van der Waals surface area (Å²) in [5.74, 6) is 1.07. The van der Waals surface area contributed by atoms with E-state index in [9.17, 15) is 0 Å². The Morgan fingerprint density at radius 3 is 2.72 bits per heavy atom. The molecular weight excluding hydrogens is 290 g/mol. The molecule has 2 rings (SSSR count). The maximum atomic E-state index is 4.35. The van der Waals surface area contributed by atoms with Gasteiger partial charge in [-0.25, -0.2) is 4.98 Å². The molecule has 4 heteroatoms. The summed E-state index contributed by atoms with van der Waals surface area (Å²) in [5.41, 5.74) is 3.88. The molecular formula is C14H18BrN3. The molecule has 0 aliphatic heterocycles. The van der Waals surface area contributed by atoms with Crippen molar-refractivity contribution in [3.05, 3.63) is 47.5 Å². The van der Waals surface area contributed by atoms with Gasteiger partial charge in [0.15, 0.2) is 0 Å². The predicted octanol–water partition coefficient (Wildman–Crippen LogP) is 3.26. The summed E-state index contributed by atoms with van der Waals surface area (Å²) in [5, 5.41) is 0.905. The minimum Gasteiger partial charge on any atom is -0.367 e. The van der Waals surface area contributed by atoms with E-state index in [-0.39, 0.29) is 0 Å². The number of hydrogen-bond acceptors (Lipinski definition) is 2. The van der Waals surface area contributed by atoms with Crippen LogP contribution in [0.25, 0.3) is 0 Å². The molecule has 1 aromatic heterocycles. The monoisotopic (exact) mass is 307 g/mol. The average molecular weight is 308 g/mol. The van der Waals surface area contributed by atoms with E-state index in [0.717, 1.165) is 17.7 Å². The van der Waals surface area contributed by atoms with E-state index in [1.807, 2.05) is 19.4 Å². The minimum absolute atomic E-state index is 0.816. The van der Waals surface area contributed by atoms with Gasteiger partial charge >= 0.3 is 0 Å². The number of alkyl halides is 1. The van der Waals surface area contributed by atoms with E-state index in [0.29, 0.717) is 0 Å². The van der Waals surface area contributed by atoms with E-state index in [1.54, 1.807) is 0 Å². The van der Waals surface area contributed by atoms with Crippen LogP contribution in [-0.4, -0.2) is 16.6 Å². The van der Waals surface area contributed by atoms with Gasteiger partial charge in [0, 0.05) is 37.5 Å². The largest absolute Gasteiger partial charge is 0.367 e. The van der Waals surface area contributed by atoms with Crippen molar-refractivity contribution in [2.24, 2.45) is 7.05 Å². The highest BCUT2D eigenvalue weighted by Crippen LogP contribution is 2.21. The number of imidazole rings is 1. The fourth-order valence-corrected chi connectivity index (χ4v) is 2.55. The van der Waals surface area contributed by atoms with Crippen LogP contribution in [0.5, 0.6) is 0 Å². The number of hydrogen-bond donors (Lipinski definition) is 0. The molecule has 1 aromatic carbocycles. The summed E-state index contributed by atoms with van der Waals surface area (Å²) in [7, 11) is 4.12. The van der Waals surface area contributed by atoms with Gasteiger partial charge in [0.2, 0.25) is 0 Å². The van der Waals surface area contributed by atoms with Gasteiger partial charge in [-0.05, 0) is 30.2 Å². The number of halogens is 1. The van der Waals surface area contributed by atoms with Crippen LogP contribution < -0.4 is 4.90 Å². The molecule has 3 nitrogen and oxygen atoms in total. The number of aryl methyl sites for hydroxylation is 2. The summed E-state index contributed by atoms with van der Waals surface area (Å²) < 4.78 is 2.05. The number of anilines is 1. The lowest BCUT2D eigenvalue weighted by molar-refractivity contribution is 0.761. The SMILES string of the molecule is Cc1cc(N(C)Cc2nccn2C)ccc1CBr. The Labute approximate surface area is 117 Å². The van der Waals surface area contributed by atoms with E-state index in [2.05, 4.69) is 62.6 Å². The zero-order valence-corrected chi connectivity index (χ0v) is 12.6. The van der Waals surface area contributed by atoms with Gasteiger partial charge in [0.05, 0.1) is 6.54 Å². The first-order valence-corrected chi connectivity index (χ1v) is 7.07. The van der Waals surface area contributed by atoms with Gasteiger partial charge < -0.3 is 9.47 Å². The molecule has 0 aliphatic carbocycles. The third kappa shape index (κ3) is 2.75. The maximum absolute atomic E-state index is 4.35. The molecule has 0 amide bonds. The third-order valence-corrected chi connectivity index (χ3v) is 3.81. The Morgan fingerprint density at radius 2 is 2.17 bits per heavy atom. The Bertz CT molecular complexity index is 534. The average Bonchev–Trinajstić information content (AvgIpc) is 2.75. The van der Waals surface area contributed by atoms with Gasteiger partial charge in [-0.1, -0.05) is 22.0 Å². The lowest BCUT2D eigenvalue weighted by atomic mass is 10.1. The van der Waals surface area contributed by atoms with E-state index < -0.39 is 0 Å². The molecule has 0 saturated carbocycles. The quantitative estimate of drug-likeness (QED) is 0.808. The second-order valence-electron chi connectivity index (χ2n) is 4.55. The Morgan fingerprint density at radius 1 is 1.39 bits per heavy atom. The molecule has 0 fully saturated rings. The number of benzene rings is 1. The Kier molecular flexibility index (Phi) is 4.07. The fraction of sp³-hybridized carbons (Fsp3) is 0.357. The van der Waals surface area contributed by atoms with Gasteiger partial charge in [0.1, 0.15) is 5.82 Å². The van der Waals surface area contributed by atoms with Gasteiger partial charge in [-0.3, -0.25) is 0 Å². The van der Waals surface area contributed by atoms with Gasteiger partial charge in [-0.15, -0.1) is 0 Å². The van der Waals surface area contributed by atoms with Crippen molar-refractivity contribution in [1.82, 2.24) is 9.55 Å². The summed E-state index contributed by atoms with van der Waals surface area (Å²) in [6.45, 7) is 2.96. The third-order valence-electron chi connectivity index (χ3n) is 3.21. The van der Waals surface area contributed by atoms with E-state index in [4.69, 9.17) is 0 Å². The summed E-state index contributed by atoms with van der Waals surface area (Å²) in [6, 6.07) is 6.56. The van der Waals surface area contributed by atoms with Crippen molar-refractivity contribution in [2.45, 2.75) is 18.8 Å². The summed E-state index contributed by atoms with van der Waals surface area (Å²) in [6.07, 6.45) is 3.81. The van der Waals surface area contributed by atoms with Crippen molar-refractivity contribution in [3.8, 4) is 0 Å². The van der Waals surface area contributed by atoms with Crippen LogP contribution in [0, 0.1) is 6.92 Å². The number of aromatic nitrogens is 2. The zero-order chi connectivity index (χ0) is 13.1. The Hall–Kier alpha value is -1.29. The molecule has 0 N–H and O–H groups in total. The molecule has 18 heavy (non-hydrogen) atoms.